The molecule has 5 nitrogen and oxygen atoms in total. The number of rotatable bonds is 4. The SMILES string of the molecule is NCc1ccc(S(=O)(=O)NC2CCCCCC2O)cc1. The predicted octanol–water partition coefficient (Wildman–Crippen LogP) is 1.12. The average molecular weight is 298 g/mol. The third kappa shape index (κ3) is 3.79. The van der Waals surface area contributed by atoms with Crippen molar-refractivity contribution in [3.8, 4) is 0 Å². The fraction of sp³-hybridized carbons (Fsp3) is 0.571. The van der Waals surface area contributed by atoms with Crippen LogP contribution in [0.5, 0.6) is 0 Å². The zero-order valence-electron chi connectivity index (χ0n) is 11.5. The summed E-state index contributed by atoms with van der Waals surface area (Å²) in [6, 6.07) is 6.12. The number of benzene rings is 1. The van der Waals surface area contributed by atoms with Crippen molar-refractivity contribution in [3.63, 3.8) is 0 Å². The minimum Gasteiger partial charge on any atom is -0.391 e. The van der Waals surface area contributed by atoms with Gasteiger partial charge < -0.3 is 10.8 Å². The Labute approximate surface area is 120 Å². The highest BCUT2D eigenvalue weighted by Gasteiger charge is 2.26. The topological polar surface area (TPSA) is 92.4 Å². The van der Waals surface area contributed by atoms with Crippen molar-refractivity contribution in [2.45, 2.75) is 55.7 Å². The number of aliphatic hydroxyl groups is 1. The van der Waals surface area contributed by atoms with Gasteiger partial charge in [-0.1, -0.05) is 31.4 Å². The first-order chi connectivity index (χ1) is 9.53. The monoisotopic (exact) mass is 298 g/mol. The fourth-order valence-electron chi connectivity index (χ4n) is 2.50. The smallest absolute Gasteiger partial charge is 0.240 e. The molecule has 6 heteroatoms. The van der Waals surface area contributed by atoms with E-state index in [1.54, 1.807) is 24.3 Å². The van der Waals surface area contributed by atoms with Crippen LogP contribution in [0.15, 0.2) is 29.2 Å². The molecule has 0 spiro atoms. The highest BCUT2D eigenvalue weighted by atomic mass is 32.2. The standard InChI is InChI=1S/C14H22N2O3S/c15-10-11-6-8-12(9-7-11)20(18,19)16-13-4-2-1-3-5-14(13)17/h6-9,13-14,16-17H,1-5,10,15H2. The lowest BCUT2D eigenvalue weighted by Gasteiger charge is -2.21. The highest BCUT2D eigenvalue weighted by molar-refractivity contribution is 7.89. The van der Waals surface area contributed by atoms with E-state index in [4.69, 9.17) is 5.73 Å². The molecule has 2 rings (SSSR count). The summed E-state index contributed by atoms with van der Waals surface area (Å²) in [5, 5.41) is 10.00. The first-order valence-corrected chi connectivity index (χ1v) is 8.50. The molecule has 20 heavy (non-hydrogen) atoms. The minimum atomic E-state index is -3.58. The fourth-order valence-corrected chi connectivity index (χ4v) is 3.80. The van der Waals surface area contributed by atoms with Gasteiger partial charge in [0.05, 0.1) is 11.0 Å². The van der Waals surface area contributed by atoms with Gasteiger partial charge in [-0.25, -0.2) is 13.1 Å². The summed E-state index contributed by atoms with van der Waals surface area (Å²) in [6.45, 7) is 0.384. The van der Waals surface area contributed by atoms with Crippen LogP contribution in [-0.2, 0) is 16.6 Å². The van der Waals surface area contributed by atoms with Gasteiger partial charge in [0.1, 0.15) is 0 Å². The summed E-state index contributed by atoms with van der Waals surface area (Å²) in [7, 11) is -3.58. The van der Waals surface area contributed by atoms with Gasteiger partial charge >= 0.3 is 0 Å². The number of hydrogen-bond donors (Lipinski definition) is 3. The van der Waals surface area contributed by atoms with Gasteiger partial charge in [-0.3, -0.25) is 0 Å². The molecular weight excluding hydrogens is 276 g/mol. The molecule has 4 N–H and O–H groups in total. The lowest BCUT2D eigenvalue weighted by molar-refractivity contribution is 0.130. The van der Waals surface area contributed by atoms with Crippen molar-refractivity contribution in [1.82, 2.24) is 4.72 Å². The molecule has 1 saturated carbocycles. The minimum absolute atomic E-state index is 0.214. The lowest BCUT2D eigenvalue weighted by atomic mass is 10.1. The Morgan fingerprint density at radius 2 is 1.80 bits per heavy atom. The molecule has 0 saturated heterocycles. The van der Waals surface area contributed by atoms with E-state index in [9.17, 15) is 13.5 Å². The van der Waals surface area contributed by atoms with Crippen LogP contribution in [-0.4, -0.2) is 25.7 Å². The van der Waals surface area contributed by atoms with Gasteiger partial charge in [0, 0.05) is 12.6 Å². The number of nitrogens with two attached hydrogens (primary N) is 1. The van der Waals surface area contributed by atoms with E-state index >= 15 is 0 Å². The molecule has 0 aliphatic heterocycles. The molecule has 0 radical (unpaired) electrons. The Morgan fingerprint density at radius 1 is 1.15 bits per heavy atom. The van der Waals surface area contributed by atoms with Gasteiger partial charge in [-0.15, -0.1) is 0 Å². The van der Waals surface area contributed by atoms with E-state index in [-0.39, 0.29) is 4.90 Å². The van der Waals surface area contributed by atoms with E-state index in [1.165, 1.54) is 0 Å². The van der Waals surface area contributed by atoms with Gasteiger partial charge in [0.2, 0.25) is 10.0 Å². The second-order valence-corrected chi connectivity index (χ2v) is 7.00. The van der Waals surface area contributed by atoms with Gasteiger partial charge in [-0.05, 0) is 30.5 Å². The molecule has 1 fully saturated rings. The Balaban J connectivity index is 2.12. The number of aliphatic hydroxyl groups excluding tert-OH is 1. The summed E-state index contributed by atoms with van der Waals surface area (Å²) >= 11 is 0. The van der Waals surface area contributed by atoms with Crippen LogP contribution in [0.2, 0.25) is 0 Å². The number of hydrogen-bond acceptors (Lipinski definition) is 4. The average Bonchev–Trinajstić information content (AvgIpc) is 2.64. The van der Waals surface area contributed by atoms with Crippen LogP contribution in [0.25, 0.3) is 0 Å². The summed E-state index contributed by atoms with van der Waals surface area (Å²) in [4.78, 5) is 0.214. The van der Waals surface area contributed by atoms with E-state index in [2.05, 4.69) is 4.72 Å². The third-order valence-corrected chi connectivity index (χ3v) is 5.26. The van der Waals surface area contributed by atoms with E-state index in [1.807, 2.05) is 0 Å². The molecule has 0 amide bonds. The first-order valence-electron chi connectivity index (χ1n) is 7.02. The van der Waals surface area contributed by atoms with E-state index in [0.29, 0.717) is 19.4 Å². The number of nitrogens with one attached hydrogen (secondary N) is 1. The molecule has 2 atom stereocenters. The molecule has 0 aromatic heterocycles. The van der Waals surface area contributed by atoms with Crippen molar-refractivity contribution in [2.75, 3.05) is 0 Å². The van der Waals surface area contributed by atoms with Gasteiger partial charge in [0.15, 0.2) is 0 Å². The van der Waals surface area contributed by atoms with Crippen molar-refractivity contribution in [2.24, 2.45) is 5.73 Å². The van der Waals surface area contributed by atoms with Crippen molar-refractivity contribution >= 4 is 10.0 Å². The zero-order chi connectivity index (χ0) is 14.6. The zero-order valence-corrected chi connectivity index (χ0v) is 12.3. The molecule has 0 bridgehead atoms. The molecule has 2 unspecified atom stereocenters. The second kappa shape index (κ2) is 6.67. The molecular formula is C14H22N2O3S. The molecule has 1 aliphatic rings. The van der Waals surface area contributed by atoms with Gasteiger partial charge in [-0.2, -0.15) is 0 Å². The van der Waals surface area contributed by atoms with Crippen molar-refractivity contribution < 1.29 is 13.5 Å². The Bertz CT molecular complexity index is 528. The normalized spacial score (nSPS) is 24.3. The van der Waals surface area contributed by atoms with Crippen LogP contribution in [0.1, 0.15) is 37.7 Å². The van der Waals surface area contributed by atoms with Crippen LogP contribution >= 0.6 is 0 Å². The molecule has 0 heterocycles. The maximum Gasteiger partial charge on any atom is 0.240 e. The summed E-state index contributed by atoms with van der Waals surface area (Å²) in [5.41, 5.74) is 6.38. The Kier molecular flexibility index (Phi) is 5.15. The Hall–Kier alpha value is -0.950. The van der Waals surface area contributed by atoms with Crippen LogP contribution in [0.3, 0.4) is 0 Å². The maximum absolute atomic E-state index is 12.3. The number of sulfonamides is 1. The quantitative estimate of drug-likeness (QED) is 0.726. The van der Waals surface area contributed by atoms with Crippen LogP contribution < -0.4 is 10.5 Å². The Morgan fingerprint density at radius 3 is 2.45 bits per heavy atom. The second-order valence-electron chi connectivity index (χ2n) is 5.28. The summed E-state index contributed by atoms with van der Waals surface area (Å²) < 4.78 is 27.2. The molecule has 1 aliphatic carbocycles. The van der Waals surface area contributed by atoms with Crippen LogP contribution in [0.4, 0.5) is 0 Å². The first kappa shape index (κ1) is 15.4. The largest absolute Gasteiger partial charge is 0.391 e. The van der Waals surface area contributed by atoms with Crippen LogP contribution in [0, 0.1) is 0 Å². The maximum atomic E-state index is 12.3. The van der Waals surface area contributed by atoms with Crippen molar-refractivity contribution in [3.05, 3.63) is 29.8 Å². The summed E-state index contributed by atoms with van der Waals surface area (Å²) in [6.07, 6.45) is 3.66. The lowest BCUT2D eigenvalue weighted by Crippen LogP contribution is -2.42. The molecule has 112 valence electrons. The van der Waals surface area contributed by atoms with Gasteiger partial charge in [0.25, 0.3) is 0 Å². The predicted molar refractivity (Wildman–Crippen MR) is 77.5 cm³/mol. The van der Waals surface area contributed by atoms with Crippen molar-refractivity contribution in [1.29, 1.82) is 0 Å². The third-order valence-electron chi connectivity index (χ3n) is 3.76. The van der Waals surface area contributed by atoms with E-state index < -0.39 is 22.2 Å². The summed E-state index contributed by atoms with van der Waals surface area (Å²) in [5.74, 6) is 0. The highest BCUT2D eigenvalue weighted by Crippen LogP contribution is 2.20. The molecule has 1 aromatic rings. The molecule has 1 aromatic carbocycles. The van der Waals surface area contributed by atoms with E-state index in [0.717, 1.165) is 24.8 Å².